The summed E-state index contributed by atoms with van der Waals surface area (Å²) in [4.78, 5) is 0.449. The van der Waals surface area contributed by atoms with E-state index in [1.54, 1.807) is 18.2 Å². The Morgan fingerprint density at radius 3 is 2.27 bits per heavy atom. The zero-order valence-electron chi connectivity index (χ0n) is 17.4. The quantitative estimate of drug-likeness (QED) is 0.225. The molecule has 0 aliphatic carbocycles. The van der Waals surface area contributed by atoms with E-state index < -0.39 is 0 Å². The molecule has 0 saturated carbocycles. The molecule has 0 fully saturated rings. The van der Waals surface area contributed by atoms with Crippen LogP contribution in [-0.2, 0) is 12.0 Å². The van der Waals surface area contributed by atoms with Gasteiger partial charge in [-0.15, -0.1) is 0 Å². The Hall–Kier alpha value is -2.69. The highest BCUT2D eigenvalue weighted by Crippen LogP contribution is 2.23. The van der Waals surface area contributed by atoms with Gasteiger partial charge in [0.25, 0.3) is 5.70 Å². The van der Waals surface area contributed by atoms with Gasteiger partial charge in [-0.2, -0.15) is 4.57 Å². The van der Waals surface area contributed by atoms with Crippen molar-refractivity contribution in [1.82, 2.24) is 5.32 Å². The molecule has 1 heterocycles. The van der Waals surface area contributed by atoms with Crippen LogP contribution >= 0.6 is 23.8 Å². The summed E-state index contributed by atoms with van der Waals surface area (Å²) in [5.41, 5.74) is 3.44. The molecule has 0 spiro atoms. The van der Waals surface area contributed by atoms with Gasteiger partial charge in [0, 0.05) is 29.3 Å². The third-order valence-electron chi connectivity index (χ3n) is 4.79. The molecule has 5 heteroatoms. The fourth-order valence-corrected chi connectivity index (χ4v) is 3.52. The Balaban J connectivity index is 2.00. The van der Waals surface area contributed by atoms with Crippen molar-refractivity contribution in [3.8, 4) is 0 Å². The molecule has 0 aliphatic heterocycles. The second kappa shape index (κ2) is 9.41. The Bertz CT molecular complexity index is 1050. The summed E-state index contributed by atoms with van der Waals surface area (Å²) >= 11 is 11.8. The summed E-state index contributed by atoms with van der Waals surface area (Å²) in [5, 5.41) is 14.9. The van der Waals surface area contributed by atoms with Crippen LogP contribution in [0.4, 0.5) is 0 Å². The summed E-state index contributed by atoms with van der Waals surface area (Å²) in [5.74, 6) is 0.0663. The van der Waals surface area contributed by atoms with Crippen molar-refractivity contribution in [2.45, 2.75) is 32.7 Å². The molecule has 0 saturated heterocycles. The summed E-state index contributed by atoms with van der Waals surface area (Å²) in [6.45, 7) is 7.06. The minimum absolute atomic E-state index is 0.0318. The van der Waals surface area contributed by atoms with E-state index in [2.05, 4.69) is 26.1 Å². The molecule has 0 unspecified atom stereocenters. The van der Waals surface area contributed by atoms with Crippen LogP contribution < -0.4 is 9.88 Å². The van der Waals surface area contributed by atoms with Gasteiger partial charge in [0.2, 0.25) is 0 Å². The number of pyridine rings is 1. The molecular formula is C25H26ClN2OS+. The maximum Gasteiger partial charge on any atom is 0.287 e. The Kier molecular flexibility index (Phi) is 6.91. The van der Waals surface area contributed by atoms with Gasteiger partial charge < -0.3 is 10.4 Å². The lowest BCUT2D eigenvalue weighted by atomic mass is 9.88. The van der Waals surface area contributed by atoms with Crippen molar-refractivity contribution in [1.29, 1.82) is 0 Å². The molecule has 154 valence electrons. The Morgan fingerprint density at radius 1 is 1.00 bits per heavy atom. The first-order chi connectivity index (χ1) is 14.3. The van der Waals surface area contributed by atoms with Gasteiger partial charge in [-0.3, -0.25) is 0 Å². The number of aliphatic hydroxyl groups excluding tert-OH is 1. The zero-order valence-corrected chi connectivity index (χ0v) is 19.0. The molecule has 3 aromatic rings. The number of rotatable bonds is 5. The molecule has 0 bridgehead atoms. The average molecular weight is 438 g/mol. The predicted molar refractivity (Wildman–Crippen MR) is 128 cm³/mol. The van der Waals surface area contributed by atoms with E-state index in [0.717, 1.165) is 5.56 Å². The molecule has 2 aromatic carbocycles. The second-order valence-electron chi connectivity index (χ2n) is 8.12. The minimum Gasteiger partial charge on any atom is -0.502 e. The fourth-order valence-electron chi connectivity index (χ4n) is 3.06. The third kappa shape index (κ3) is 5.47. The summed E-state index contributed by atoms with van der Waals surface area (Å²) in [7, 11) is 0. The van der Waals surface area contributed by atoms with E-state index in [-0.39, 0.29) is 11.2 Å². The number of thiocarbonyl (C=S) groups is 1. The summed E-state index contributed by atoms with van der Waals surface area (Å²) < 4.78 is 1.84. The van der Waals surface area contributed by atoms with Crippen molar-refractivity contribution < 1.29 is 9.67 Å². The molecule has 0 radical (unpaired) electrons. The minimum atomic E-state index is 0.0318. The van der Waals surface area contributed by atoms with E-state index in [1.165, 1.54) is 5.56 Å². The van der Waals surface area contributed by atoms with Gasteiger partial charge in [0.1, 0.15) is 0 Å². The molecule has 3 nitrogen and oxygen atoms in total. The number of aromatic nitrogens is 1. The van der Waals surface area contributed by atoms with Crippen LogP contribution in [-0.4, -0.2) is 10.1 Å². The molecule has 0 amide bonds. The van der Waals surface area contributed by atoms with Crippen LogP contribution in [0.25, 0.3) is 11.5 Å². The first-order valence-electron chi connectivity index (χ1n) is 9.79. The first kappa shape index (κ1) is 22.0. The molecule has 30 heavy (non-hydrogen) atoms. The average Bonchev–Trinajstić information content (AvgIpc) is 2.73. The van der Waals surface area contributed by atoms with Gasteiger partial charge in [0.05, 0.1) is 0 Å². The first-order valence-corrected chi connectivity index (χ1v) is 10.6. The lowest BCUT2D eigenvalue weighted by Crippen LogP contribution is -2.41. The molecule has 0 atom stereocenters. The number of hydrogen-bond donors (Lipinski definition) is 2. The van der Waals surface area contributed by atoms with Crippen molar-refractivity contribution in [2.75, 3.05) is 0 Å². The topological polar surface area (TPSA) is 36.1 Å². The lowest BCUT2D eigenvalue weighted by Gasteiger charge is -2.18. The normalized spacial score (nSPS) is 12.3. The highest BCUT2D eigenvalue weighted by molar-refractivity contribution is 7.81. The lowest BCUT2D eigenvalue weighted by molar-refractivity contribution is -0.576. The van der Waals surface area contributed by atoms with Crippen LogP contribution in [0.2, 0.25) is 5.02 Å². The SMILES string of the molecule is CC(C)(C)c1cc[n+](/C(C(=S)NCc2ccccc2)=C(\O)c2cccc(Cl)c2)cc1. The zero-order chi connectivity index (χ0) is 21.7. The van der Waals surface area contributed by atoms with Crippen LogP contribution in [0.5, 0.6) is 0 Å². The number of nitrogens with one attached hydrogen (secondary N) is 1. The van der Waals surface area contributed by atoms with Gasteiger partial charge in [-0.05, 0) is 28.7 Å². The fraction of sp³-hybridized carbons (Fsp3) is 0.200. The maximum atomic E-state index is 11.1. The highest BCUT2D eigenvalue weighted by Gasteiger charge is 2.25. The van der Waals surface area contributed by atoms with E-state index in [1.807, 2.05) is 65.5 Å². The smallest absolute Gasteiger partial charge is 0.287 e. The van der Waals surface area contributed by atoms with Crippen molar-refractivity contribution in [3.63, 3.8) is 0 Å². The van der Waals surface area contributed by atoms with E-state index in [4.69, 9.17) is 23.8 Å². The van der Waals surface area contributed by atoms with Crippen molar-refractivity contribution in [3.05, 3.63) is 101 Å². The maximum absolute atomic E-state index is 11.1. The second-order valence-corrected chi connectivity index (χ2v) is 8.96. The highest BCUT2D eigenvalue weighted by atomic mass is 35.5. The summed E-state index contributed by atoms with van der Waals surface area (Å²) in [6.07, 6.45) is 3.85. The van der Waals surface area contributed by atoms with Gasteiger partial charge in [-0.25, -0.2) is 0 Å². The molecule has 1 aromatic heterocycles. The third-order valence-corrected chi connectivity index (χ3v) is 5.36. The number of aliphatic hydroxyl groups is 1. The molecular weight excluding hydrogens is 412 g/mol. The molecule has 3 rings (SSSR count). The number of hydrogen-bond acceptors (Lipinski definition) is 2. The van der Waals surface area contributed by atoms with E-state index >= 15 is 0 Å². The van der Waals surface area contributed by atoms with Gasteiger partial charge >= 0.3 is 0 Å². The molecule has 0 aliphatic rings. The summed E-state index contributed by atoms with van der Waals surface area (Å²) in [6, 6.07) is 21.2. The Labute approximate surface area is 188 Å². The predicted octanol–water partition coefficient (Wildman–Crippen LogP) is 5.93. The van der Waals surface area contributed by atoms with Crippen LogP contribution in [0.15, 0.2) is 79.1 Å². The standard InChI is InChI=1S/C25H25ClN2OS/c1-25(2,3)20-12-14-28(15-13-20)22(23(29)19-10-7-11-21(26)16-19)24(30)27-17-18-8-5-4-6-9-18/h4-16H,17H2,1-3H3,(H-,27,29,30)/p+1. The Morgan fingerprint density at radius 2 is 1.67 bits per heavy atom. The van der Waals surface area contributed by atoms with E-state index in [0.29, 0.717) is 27.8 Å². The van der Waals surface area contributed by atoms with Crippen molar-refractivity contribution in [2.24, 2.45) is 0 Å². The van der Waals surface area contributed by atoms with Gasteiger partial charge in [0.15, 0.2) is 23.1 Å². The van der Waals surface area contributed by atoms with Crippen LogP contribution in [0.1, 0.15) is 37.5 Å². The van der Waals surface area contributed by atoms with Crippen LogP contribution in [0.3, 0.4) is 0 Å². The number of benzene rings is 2. The largest absolute Gasteiger partial charge is 0.502 e. The van der Waals surface area contributed by atoms with E-state index in [9.17, 15) is 5.11 Å². The number of halogens is 1. The van der Waals surface area contributed by atoms with Crippen molar-refractivity contribution >= 4 is 40.3 Å². The van der Waals surface area contributed by atoms with Gasteiger partial charge in [-0.1, -0.05) is 87.1 Å². The monoisotopic (exact) mass is 437 g/mol. The molecule has 2 N–H and O–H groups in total. The van der Waals surface area contributed by atoms with Crippen LogP contribution in [0, 0.1) is 0 Å². The number of nitrogens with zero attached hydrogens (tertiary/aromatic N) is 1.